The van der Waals surface area contributed by atoms with Crippen molar-refractivity contribution in [1.29, 1.82) is 0 Å². The number of hydrogen-bond acceptors (Lipinski definition) is 2. The van der Waals surface area contributed by atoms with Crippen molar-refractivity contribution in [3.05, 3.63) is 35.1 Å². The lowest BCUT2D eigenvalue weighted by molar-refractivity contribution is -0.124. The van der Waals surface area contributed by atoms with E-state index >= 15 is 0 Å². The molecule has 1 heterocycles. The van der Waals surface area contributed by atoms with Crippen molar-refractivity contribution >= 4 is 11.9 Å². The summed E-state index contributed by atoms with van der Waals surface area (Å²) in [5.74, 6) is -0.515. The summed E-state index contributed by atoms with van der Waals surface area (Å²) in [4.78, 5) is 24.7. The van der Waals surface area contributed by atoms with Gasteiger partial charge >= 0.3 is 6.03 Å². The molecule has 6 heteroatoms. The Bertz CT molecular complexity index is 533. The van der Waals surface area contributed by atoms with Crippen LogP contribution in [0.15, 0.2) is 18.2 Å². The van der Waals surface area contributed by atoms with Gasteiger partial charge < -0.3 is 16.0 Å². The smallest absolute Gasteiger partial charge is 0.315 e. The highest BCUT2D eigenvalue weighted by atomic mass is 19.1. The van der Waals surface area contributed by atoms with Crippen LogP contribution in [0.2, 0.25) is 0 Å². The van der Waals surface area contributed by atoms with Gasteiger partial charge in [0, 0.05) is 13.1 Å². The van der Waals surface area contributed by atoms with Crippen molar-refractivity contribution in [2.75, 3.05) is 6.54 Å². The quantitative estimate of drug-likeness (QED) is 0.875. The lowest BCUT2D eigenvalue weighted by atomic mass is 10.1. The number of carbonyl (C=O) groups excluding carboxylic acids is 2. The van der Waals surface area contributed by atoms with Crippen molar-refractivity contribution < 1.29 is 14.0 Å². The zero-order valence-electron chi connectivity index (χ0n) is 11.4. The minimum absolute atomic E-state index is 0.218. The summed E-state index contributed by atoms with van der Waals surface area (Å²) in [5, 5.41) is 2.78. The Labute approximate surface area is 116 Å². The van der Waals surface area contributed by atoms with Crippen molar-refractivity contribution in [2.24, 2.45) is 5.73 Å². The topological polar surface area (TPSA) is 75.4 Å². The van der Waals surface area contributed by atoms with Crippen molar-refractivity contribution in [3.8, 4) is 0 Å². The van der Waals surface area contributed by atoms with Gasteiger partial charge in [0.25, 0.3) is 0 Å². The van der Waals surface area contributed by atoms with E-state index in [1.165, 1.54) is 17.0 Å². The number of amides is 3. The normalized spacial score (nSPS) is 18.1. The highest BCUT2D eigenvalue weighted by Gasteiger charge is 2.32. The Morgan fingerprint density at radius 1 is 1.50 bits per heavy atom. The van der Waals surface area contributed by atoms with Crippen LogP contribution in [0.25, 0.3) is 0 Å². The summed E-state index contributed by atoms with van der Waals surface area (Å²) in [6.45, 7) is 2.62. The van der Waals surface area contributed by atoms with Crippen molar-refractivity contribution in [1.82, 2.24) is 10.2 Å². The van der Waals surface area contributed by atoms with Gasteiger partial charge in [-0.05, 0) is 43.0 Å². The second kappa shape index (κ2) is 5.90. The number of rotatable bonds is 3. The van der Waals surface area contributed by atoms with Gasteiger partial charge in [-0.2, -0.15) is 0 Å². The van der Waals surface area contributed by atoms with Gasteiger partial charge in [-0.25, -0.2) is 9.18 Å². The van der Waals surface area contributed by atoms with Gasteiger partial charge in [0.05, 0.1) is 0 Å². The maximum atomic E-state index is 13.0. The number of benzene rings is 1. The van der Waals surface area contributed by atoms with Crippen LogP contribution in [0.3, 0.4) is 0 Å². The van der Waals surface area contributed by atoms with Crippen LogP contribution in [-0.4, -0.2) is 29.4 Å². The molecule has 3 amide bonds. The number of nitrogens with one attached hydrogen (secondary N) is 1. The molecule has 1 aromatic carbocycles. The molecule has 0 aliphatic carbocycles. The number of aryl methyl sites for hydroxylation is 1. The number of carbonyl (C=O) groups is 2. The predicted molar refractivity (Wildman–Crippen MR) is 72.3 cm³/mol. The molecule has 0 saturated carbocycles. The van der Waals surface area contributed by atoms with Crippen LogP contribution in [0, 0.1) is 12.7 Å². The first-order chi connectivity index (χ1) is 9.49. The summed E-state index contributed by atoms with van der Waals surface area (Å²) in [6.07, 6.45) is 1.40. The van der Waals surface area contributed by atoms with E-state index in [9.17, 15) is 14.0 Å². The highest BCUT2D eigenvalue weighted by Crippen LogP contribution is 2.17. The number of hydrogen-bond donors (Lipinski definition) is 2. The average Bonchev–Trinajstić information content (AvgIpc) is 2.86. The molecule has 1 atom stereocenters. The molecular formula is C14H18FN3O2. The molecule has 1 aromatic rings. The first kappa shape index (κ1) is 14.3. The summed E-state index contributed by atoms with van der Waals surface area (Å²) in [7, 11) is 0. The third-order valence-corrected chi connectivity index (χ3v) is 3.60. The third kappa shape index (κ3) is 3.07. The average molecular weight is 279 g/mol. The first-order valence-electron chi connectivity index (χ1n) is 6.58. The highest BCUT2D eigenvalue weighted by molar-refractivity contribution is 5.87. The molecule has 0 spiro atoms. The first-order valence-corrected chi connectivity index (χ1v) is 6.58. The second-order valence-electron chi connectivity index (χ2n) is 4.98. The lowest BCUT2D eigenvalue weighted by Gasteiger charge is -2.21. The van der Waals surface area contributed by atoms with E-state index in [4.69, 9.17) is 5.73 Å². The fourth-order valence-electron chi connectivity index (χ4n) is 2.46. The summed E-state index contributed by atoms with van der Waals surface area (Å²) < 4.78 is 13.0. The van der Waals surface area contributed by atoms with E-state index < -0.39 is 12.1 Å². The number of halogens is 1. The van der Waals surface area contributed by atoms with Gasteiger partial charge in [-0.3, -0.25) is 4.79 Å². The van der Waals surface area contributed by atoms with E-state index in [1.54, 1.807) is 13.0 Å². The Morgan fingerprint density at radius 2 is 2.25 bits per heavy atom. The zero-order chi connectivity index (χ0) is 14.7. The van der Waals surface area contributed by atoms with E-state index in [-0.39, 0.29) is 11.7 Å². The van der Waals surface area contributed by atoms with E-state index in [2.05, 4.69) is 5.32 Å². The van der Waals surface area contributed by atoms with Crippen LogP contribution < -0.4 is 11.1 Å². The molecule has 0 bridgehead atoms. The fourth-order valence-corrected chi connectivity index (χ4v) is 2.46. The number of nitrogens with two attached hydrogens (primary N) is 1. The number of urea groups is 1. The second-order valence-corrected chi connectivity index (χ2v) is 4.98. The Hall–Kier alpha value is -2.11. The standard InChI is InChI=1S/C14H18FN3O2/c1-9-7-11(15)5-4-10(9)8-17-13(19)12-3-2-6-18(12)14(16)20/h4-5,7,12H,2-3,6,8H2,1H3,(H2,16,20)(H,17,19). The molecule has 1 aliphatic heterocycles. The lowest BCUT2D eigenvalue weighted by Crippen LogP contribution is -2.47. The minimum atomic E-state index is -0.569. The molecule has 1 aliphatic rings. The molecule has 0 radical (unpaired) electrons. The molecule has 1 saturated heterocycles. The van der Waals surface area contributed by atoms with Crippen LogP contribution in [0.5, 0.6) is 0 Å². The molecule has 1 unspecified atom stereocenters. The van der Waals surface area contributed by atoms with Crippen molar-refractivity contribution in [2.45, 2.75) is 32.4 Å². The van der Waals surface area contributed by atoms with Crippen LogP contribution >= 0.6 is 0 Å². The van der Waals surface area contributed by atoms with Gasteiger partial charge in [0.15, 0.2) is 0 Å². The summed E-state index contributed by atoms with van der Waals surface area (Å²) in [6, 6.07) is 3.37. The van der Waals surface area contributed by atoms with E-state index in [0.717, 1.165) is 17.5 Å². The molecular weight excluding hydrogens is 261 g/mol. The van der Waals surface area contributed by atoms with Crippen LogP contribution in [0.1, 0.15) is 24.0 Å². The third-order valence-electron chi connectivity index (χ3n) is 3.60. The Kier molecular flexibility index (Phi) is 4.22. The predicted octanol–water partition coefficient (Wildman–Crippen LogP) is 1.29. The van der Waals surface area contributed by atoms with Crippen LogP contribution in [0.4, 0.5) is 9.18 Å². The van der Waals surface area contributed by atoms with Gasteiger partial charge in [-0.1, -0.05) is 6.07 Å². The van der Waals surface area contributed by atoms with E-state index in [1.807, 2.05) is 0 Å². The van der Waals surface area contributed by atoms with Gasteiger partial charge in [0.1, 0.15) is 11.9 Å². The molecule has 1 fully saturated rings. The number of likely N-dealkylation sites (tertiary alicyclic amines) is 1. The van der Waals surface area contributed by atoms with Crippen LogP contribution in [-0.2, 0) is 11.3 Å². The fraction of sp³-hybridized carbons (Fsp3) is 0.429. The Balaban J connectivity index is 1.96. The molecule has 20 heavy (non-hydrogen) atoms. The van der Waals surface area contributed by atoms with Gasteiger partial charge in [-0.15, -0.1) is 0 Å². The number of nitrogens with zero attached hydrogens (tertiary/aromatic N) is 1. The molecule has 2 rings (SSSR count). The van der Waals surface area contributed by atoms with E-state index in [0.29, 0.717) is 19.5 Å². The molecule has 0 aromatic heterocycles. The maximum absolute atomic E-state index is 13.0. The van der Waals surface area contributed by atoms with Gasteiger partial charge in [0.2, 0.25) is 5.91 Å². The monoisotopic (exact) mass is 279 g/mol. The molecule has 108 valence electrons. The maximum Gasteiger partial charge on any atom is 0.315 e. The molecule has 5 nitrogen and oxygen atoms in total. The molecule has 3 N–H and O–H groups in total. The Morgan fingerprint density at radius 3 is 2.90 bits per heavy atom. The minimum Gasteiger partial charge on any atom is -0.351 e. The summed E-state index contributed by atoms with van der Waals surface area (Å²) in [5.41, 5.74) is 6.87. The number of primary amides is 1. The van der Waals surface area contributed by atoms with Crippen molar-refractivity contribution in [3.63, 3.8) is 0 Å². The summed E-state index contributed by atoms with van der Waals surface area (Å²) >= 11 is 0. The zero-order valence-corrected chi connectivity index (χ0v) is 11.4. The largest absolute Gasteiger partial charge is 0.351 e. The SMILES string of the molecule is Cc1cc(F)ccc1CNC(=O)C1CCCN1C(N)=O.